The summed E-state index contributed by atoms with van der Waals surface area (Å²) >= 11 is 0. The number of ether oxygens (including phenoxy) is 1. The van der Waals surface area contributed by atoms with E-state index in [1.54, 1.807) is 0 Å². The van der Waals surface area contributed by atoms with Crippen LogP contribution in [0.4, 0.5) is 26.3 Å². The summed E-state index contributed by atoms with van der Waals surface area (Å²) in [7, 11) is 4.23. The molecule has 1 spiro atoms. The van der Waals surface area contributed by atoms with E-state index in [9.17, 15) is 31.1 Å². The highest BCUT2D eigenvalue weighted by Gasteiger charge is 2.41. The van der Waals surface area contributed by atoms with Gasteiger partial charge in [-0.1, -0.05) is 18.2 Å². The maximum Gasteiger partial charge on any atom is 0.490 e. The predicted molar refractivity (Wildman–Crippen MR) is 127 cm³/mol. The Balaban J connectivity index is 0.000000449. The molecular weight excluding hydrogens is 540 g/mol. The van der Waals surface area contributed by atoms with Crippen LogP contribution in [0.25, 0.3) is 0 Å². The third kappa shape index (κ3) is 12.7. The van der Waals surface area contributed by atoms with Crippen LogP contribution in [0.3, 0.4) is 0 Å². The van der Waals surface area contributed by atoms with Crippen molar-refractivity contribution >= 4 is 17.8 Å². The van der Waals surface area contributed by atoms with Gasteiger partial charge in [0.05, 0.1) is 13.2 Å². The minimum Gasteiger partial charge on any atom is -0.475 e. The lowest BCUT2D eigenvalue weighted by Gasteiger charge is -2.43. The van der Waals surface area contributed by atoms with Gasteiger partial charge < -0.3 is 24.7 Å². The number of hydrogen-bond acceptors (Lipinski definition) is 6. The maximum atomic E-state index is 12.9. The fourth-order valence-corrected chi connectivity index (χ4v) is 4.01. The van der Waals surface area contributed by atoms with Crippen molar-refractivity contribution in [1.29, 1.82) is 0 Å². The minimum atomic E-state index is -5.08. The molecule has 0 bridgehead atoms. The molecule has 222 valence electrons. The number of alkyl halides is 6. The van der Waals surface area contributed by atoms with Crippen LogP contribution in [0.15, 0.2) is 30.3 Å². The Morgan fingerprint density at radius 3 is 1.97 bits per heavy atom. The molecule has 39 heavy (non-hydrogen) atoms. The number of carbonyl (C=O) groups excluding carboxylic acids is 1. The lowest BCUT2D eigenvalue weighted by Crippen LogP contribution is -2.52. The number of amides is 1. The Hall–Kier alpha value is -2.91. The molecule has 1 aromatic carbocycles. The van der Waals surface area contributed by atoms with Crippen molar-refractivity contribution in [1.82, 2.24) is 14.7 Å². The Bertz CT molecular complexity index is 905. The van der Waals surface area contributed by atoms with Crippen molar-refractivity contribution < 1.29 is 55.7 Å². The van der Waals surface area contributed by atoms with Gasteiger partial charge >= 0.3 is 24.3 Å². The van der Waals surface area contributed by atoms with Crippen LogP contribution in [0, 0.1) is 5.41 Å². The van der Waals surface area contributed by atoms with E-state index in [1.807, 2.05) is 35.2 Å². The molecule has 1 aromatic rings. The highest BCUT2D eigenvalue weighted by Crippen LogP contribution is 2.33. The number of halogens is 6. The van der Waals surface area contributed by atoms with Crippen molar-refractivity contribution in [2.75, 3.05) is 66.6 Å². The molecule has 1 atom stereocenters. The van der Waals surface area contributed by atoms with Crippen LogP contribution < -0.4 is 0 Å². The molecule has 1 unspecified atom stereocenters. The molecule has 9 nitrogen and oxygen atoms in total. The van der Waals surface area contributed by atoms with E-state index in [-0.39, 0.29) is 11.3 Å². The van der Waals surface area contributed by atoms with Gasteiger partial charge in [-0.05, 0) is 39.1 Å². The Morgan fingerprint density at radius 2 is 1.49 bits per heavy atom. The summed E-state index contributed by atoms with van der Waals surface area (Å²) in [6.45, 7) is 7.35. The lowest BCUT2D eigenvalue weighted by atomic mass is 9.80. The van der Waals surface area contributed by atoms with Gasteiger partial charge in [-0.3, -0.25) is 9.69 Å². The summed E-state index contributed by atoms with van der Waals surface area (Å²) in [5.74, 6) is -5.36. The van der Waals surface area contributed by atoms with Gasteiger partial charge in [0.2, 0.25) is 0 Å². The van der Waals surface area contributed by atoms with Gasteiger partial charge in [0.1, 0.15) is 0 Å². The average Bonchev–Trinajstić information content (AvgIpc) is 3.04. The standard InChI is InChI=1S/C20H31N3O2.2C2HF3O2/c1-21(2)11-12-22-13-14-25-17-20(15-22)9-6-10-23(16-20)19(24)18-7-4-3-5-8-18;2*3-2(4,5)1(6)7/h3-5,7-8H,6,9-17H2,1-2H3;2*(H,6,7). The summed E-state index contributed by atoms with van der Waals surface area (Å²) in [6.07, 6.45) is -7.96. The summed E-state index contributed by atoms with van der Waals surface area (Å²) in [6, 6.07) is 9.65. The Labute approximate surface area is 221 Å². The third-order valence-electron chi connectivity index (χ3n) is 5.84. The van der Waals surface area contributed by atoms with Crippen molar-refractivity contribution in [3.63, 3.8) is 0 Å². The second-order valence-corrected chi connectivity index (χ2v) is 9.43. The molecule has 1 amide bonds. The van der Waals surface area contributed by atoms with E-state index in [4.69, 9.17) is 24.5 Å². The number of carbonyl (C=O) groups is 3. The van der Waals surface area contributed by atoms with E-state index >= 15 is 0 Å². The van der Waals surface area contributed by atoms with E-state index < -0.39 is 24.3 Å². The first-order chi connectivity index (χ1) is 18.0. The number of piperidine rings is 1. The third-order valence-corrected chi connectivity index (χ3v) is 5.84. The number of likely N-dealkylation sites (tertiary alicyclic amines) is 1. The van der Waals surface area contributed by atoms with Crippen molar-refractivity contribution in [2.45, 2.75) is 25.2 Å². The van der Waals surface area contributed by atoms with Gasteiger partial charge in [-0.2, -0.15) is 26.3 Å². The number of carboxylic acids is 2. The molecule has 2 saturated heterocycles. The highest BCUT2D eigenvalue weighted by molar-refractivity contribution is 5.94. The minimum absolute atomic E-state index is 0.0749. The number of likely N-dealkylation sites (N-methyl/N-ethyl adjacent to an activating group) is 1. The van der Waals surface area contributed by atoms with Crippen molar-refractivity contribution in [2.24, 2.45) is 5.41 Å². The van der Waals surface area contributed by atoms with Gasteiger partial charge in [0.25, 0.3) is 5.91 Å². The Kier molecular flexibility index (Phi) is 13.1. The summed E-state index contributed by atoms with van der Waals surface area (Å²) < 4.78 is 69.4. The summed E-state index contributed by atoms with van der Waals surface area (Å²) in [4.78, 5) is 37.4. The lowest BCUT2D eigenvalue weighted by molar-refractivity contribution is -0.193. The largest absolute Gasteiger partial charge is 0.490 e. The zero-order valence-corrected chi connectivity index (χ0v) is 21.6. The van der Waals surface area contributed by atoms with E-state index in [0.717, 1.165) is 70.9 Å². The van der Waals surface area contributed by atoms with Crippen LogP contribution in [-0.2, 0) is 14.3 Å². The van der Waals surface area contributed by atoms with Gasteiger partial charge in [-0.15, -0.1) is 0 Å². The molecule has 2 aliphatic rings. The first-order valence-electron chi connectivity index (χ1n) is 11.9. The second-order valence-electron chi connectivity index (χ2n) is 9.43. The number of aliphatic carboxylic acids is 2. The predicted octanol–water partition coefficient (Wildman–Crippen LogP) is 3.07. The summed E-state index contributed by atoms with van der Waals surface area (Å²) in [5, 5.41) is 14.2. The first kappa shape index (κ1) is 34.1. The van der Waals surface area contributed by atoms with Crippen molar-refractivity contribution in [3.8, 4) is 0 Å². The molecule has 3 rings (SSSR count). The average molecular weight is 574 g/mol. The molecule has 2 aliphatic heterocycles. The van der Waals surface area contributed by atoms with E-state index in [1.165, 1.54) is 0 Å². The van der Waals surface area contributed by atoms with E-state index in [2.05, 4.69) is 23.9 Å². The maximum absolute atomic E-state index is 12.9. The molecule has 2 N–H and O–H groups in total. The molecule has 0 aliphatic carbocycles. The summed E-state index contributed by atoms with van der Waals surface area (Å²) in [5.41, 5.74) is 0.865. The van der Waals surface area contributed by atoms with Crippen LogP contribution in [0.5, 0.6) is 0 Å². The molecule has 15 heteroatoms. The molecule has 0 aromatic heterocycles. The fourth-order valence-electron chi connectivity index (χ4n) is 4.01. The molecule has 2 heterocycles. The quantitative estimate of drug-likeness (QED) is 0.529. The molecular formula is C24H33F6N3O6. The van der Waals surface area contributed by atoms with Gasteiger partial charge in [0.15, 0.2) is 0 Å². The SMILES string of the molecule is CN(C)CCN1CCOCC2(CCCN(C(=O)c3ccccc3)C2)C1.O=C(O)C(F)(F)F.O=C(O)C(F)(F)F. The number of rotatable bonds is 4. The molecule has 2 fully saturated rings. The zero-order chi connectivity index (χ0) is 29.9. The number of carboxylic acid groups (broad SMARTS) is 2. The fraction of sp³-hybridized carbons (Fsp3) is 0.625. The van der Waals surface area contributed by atoms with Gasteiger partial charge in [-0.25, -0.2) is 9.59 Å². The smallest absolute Gasteiger partial charge is 0.475 e. The second kappa shape index (κ2) is 15.0. The monoisotopic (exact) mass is 573 g/mol. The topological polar surface area (TPSA) is 111 Å². The highest BCUT2D eigenvalue weighted by atomic mass is 19.4. The van der Waals surface area contributed by atoms with Crippen LogP contribution >= 0.6 is 0 Å². The van der Waals surface area contributed by atoms with Crippen LogP contribution in [-0.4, -0.2) is 122 Å². The normalized spacial score (nSPS) is 20.3. The van der Waals surface area contributed by atoms with Gasteiger partial charge in [0, 0.05) is 50.2 Å². The Morgan fingerprint density at radius 1 is 0.949 bits per heavy atom. The van der Waals surface area contributed by atoms with Crippen LogP contribution in [0.2, 0.25) is 0 Å². The van der Waals surface area contributed by atoms with Crippen molar-refractivity contribution in [3.05, 3.63) is 35.9 Å². The molecule has 0 saturated carbocycles. The zero-order valence-electron chi connectivity index (χ0n) is 21.6. The number of hydrogen-bond donors (Lipinski definition) is 2. The number of nitrogens with zero attached hydrogens (tertiary/aromatic N) is 3. The number of benzene rings is 1. The molecule has 0 radical (unpaired) electrons. The van der Waals surface area contributed by atoms with Crippen LogP contribution in [0.1, 0.15) is 23.2 Å². The van der Waals surface area contributed by atoms with E-state index in [0.29, 0.717) is 0 Å². The first-order valence-corrected chi connectivity index (χ1v) is 11.9.